The Morgan fingerprint density at radius 1 is 1.20 bits per heavy atom. The summed E-state index contributed by atoms with van der Waals surface area (Å²) < 4.78 is 15.8. The maximum atomic E-state index is 11.4. The maximum absolute atomic E-state index is 11.4. The number of carbonyl (C=O) groups is 1. The molecule has 112 valence electrons. The van der Waals surface area contributed by atoms with Crippen LogP contribution in [0.5, 0.6) is 11.5 Å². The van der Waals surface area contributed by atoms with E-state index in [9.17, 15) is 4.79 Å². The van der Waals surface area contributed by atoms with Crippen molar-refractivity contribution in [2.24, 2.45) is 0 Å². The lowest BCUT2D eigenvalue weighted by Gasteiger charge is -2.19. The number of ether oxygens (including phenoxy) is 3. The van der Waals surface area contributed by atoms with Crippen LogP contribution in [0.3, 0.4) is 0 Å². The summed E-state index contributed by atoms with van der Waals surface area (Å²) in [6.45, 7) is 6.30. The molecule has 0 radical (unpaired) electrons. The first kappa shape index (κ1) is 16.3. The molecule has 0 fully saturated rings. The molecule has 1 atom stereocenters. The lowest BCUT2D eigenvalue weighted by molar-refractivity contribution is -0.143. The zero-order chi connectivity index (χ0) is 15.1. The third-order valence-corrected chi connectivity index (χ3v) is 3.37. The van der Waals surface area contributed by atoms with Crippen molar-refractivity contribution >= 4 is 5.97 Å². The summed E-state index contributed by atoms with van der Waals surface area (Å²) in [7, 11) is 3.27. The van der Waals surface area contributed by atoms with E-state index in [2.05, 4.69) is 6.92 Å². The number of esters is 1. The first-order chi connectivity index (χ1) is 9.54. The molecule has 0 aliphatic heterocycles. The monoisotopic (exact) mass is 280 g/mol. The van der Waals surface area contributed by atoms with Crippen molar-refractivity contribution in [2.45, 2.75) is 39.5 Å². The van der Waals surface area contributed by atoms with Crippen LogP contribution in [-0.2, 0) is 9.53 Å². The van der Waals surface area contributed by atoms with Gasteiger partial charge in [-0.3, -0.25) is 4.79 Å². The predicted molar refractivity (Wildman–Crippen MR) is 78.6 cm³/mol. The Bertz CT molecular complexity index is 454. The van der Waals surface area contributed by atoms with Gasteiger partial charge in [-0.15, -0.1) is 0 Å². The van der Waals surface area contributed by atoms with Crippen LogP contribution in [-0.4, -0.2) is 26.8 Å². The summed E-state index contributed by atoms with van der Waals surface area (Å²) in [5.74, 6) is 1.55. The molecule has 0 bridgehead atoms. The molecule has 4 nitrogen and oxygen atoms in total. The molecule has 0 spiro atoms. The minimum Gasteiger partial charge on any atom is -0.493 e. The second kappa shape index (κ2) is 7.78. The fourth-order valence-electron chi connectivity index (χ4n) is 2.25. The van der Waals surface area contributed by atoms with Gasteiger partial charge in [-0.1, -0.05) is 19.1 Å². The topological polar surface area (TPSA) is 44.8 Å². The number of methoxy groups -OCH3 is 2. The molecule has 0 saturated carbocycles. The highest BCUT2D eigenvalue weighted by molar-refractivity contribution is 5.69. The van der Waals surface area contributed by atoms with Crippen molar-refractivity contribution in [3.05, 3.63) is 23.3 Å². The molecule has 0 aliphatic rings. The third kappa shape index (κ3) is 3.89. The second-order valence-electron chi connectivity index (χ2n) is 4.78. The highest BCUT2D eigenvalue weighted by Crippen LogP contribution is 2.39. The van der Waals surface area contributed by atoms with E-state index in [-0.39, 0.29) is 11.9 Å². The number of hydrogen-bond acceptors (Lipinski definition) is 4. The molecule has 20 heavy (non-hydrogen) atoms. The van der Waals surface area contributed by atoms with Crippen LogP contribution in [0.4, 0.5) is 0 Å². The van der Waals surface area contributed by atoms with Gasteiger partial charge in [0.1, 0.15) is 0 Å². The summed E-state index contributed by atoms with van der Waals surface area (Å²) >= 11 is 0. The van der Waals surface area contributed by atoms with E-state index in [4.69, 9.17) is 14.2 Å². The second-order valence-corrected chi connectivity index (χ2v) is 4.78. The third-order valence-electron chi connectivity index (χ3n) is 3.37. The first-order valence-corrected chi connectivity index (χ1v) is 6.92. The zero-order valence-electron chi connectivity index (χ0n) is 13.0. The van der Waals surface area contributed by atoms with Crippen molar-refractivity contribution in [3.63, 3.8) is 0 Å². The van der Waals surface area contributed by atoms with Gasteiger partial charge in [0.05, 0.1) is 20.8 Å². The van der Waals surface area contributed by atoms with Crippen molar-refractivity contribution in [2.75, 3.05) is 20.8 Å². The molecule has 4 heteroatoms. The highest BCUT2D eigenvalue weighted by Gasteiger charge is 2.18. The fraction of sp³-hybridized carbons (Fsp3) is 0.562. The molecular weight excluding hydrogens is 256 g/mol. The lowest BCUT2D eigenvalue weighted by Crippen LogP contribution is -2.07. The Hall–Kier alpha value is -1.71. The smallest absolute Gasteiger partial charge is 0.305 e. The zero-order valence-corrected chi connectivity index (χ0v) is 13.0. The Morgan fingerprint density at radius 2 is 1.85 bits per heavy atom. The van der Waals surface area contributed by atoms with Gasteiger partial charge in [0, 0.05) is 12.0 Å². The molecule has 1 aromatic carbocycles. The van der Waals surface area contributed by atoms with Gasteiger partial charge in [-0.25, -0.2) is 0 Å². The van der Waals surface area contributed by atoms with Gasteiger partial charge >= 0.3 is 5.97 Å². The van der Waals surface area contributed by atoms with Crippen LogP contribution in [0.25, 0.3) is 0 Å². The van der Waals surface area contributed by atoms with E-state index >= 15 is 0 Å². The number of benzene rings is 1. The van der Waals surface area contributed by atoms with E-state index in [0.717, 1.165) is 29.0 Å². The molecule has 0 amide bonds. The van der Waals surface area contributed by atoms with Crippen LogP contribution < -0.4 is 9.47 Å². The summed E-state index contributed by atoms with van der Waals surface area (Å²) in [6, 6.07) is 4.05. The Morgan fingerprint density at radius 3 is 2.40 bits per heavy atom. The minimum absolute atomic E-state index is 0.155. The van der Waals surface area contributed by atoms with Gasteiger partial charge in [0.25, 0.3) is 0 Å². The van der Waals surface area contributed by atoms with Gasteiger partial charge in [0.2, 0.25) is 0 Å². The molecule has 1 rings (SSSR count). The molecule has 0 unspecified atom stereocenters. The molecule has 0 aliphatic carbocycles. The number of rotatable bonds is 7. The SMILES string of the molecule is CCOC(=O)CC[C@@H](C)c1ccc(C)c(OC)c1OC. The number of aryl methyl sites for hydroxylation is 1. The van der Waals surface area contributed by atoms with E-state index < -0.39 is 0 Å². The van der Waals surface area contributed by atoms with E-state index in [1.165, 1.54) is 0 Å². The average Bonchev–Trinajstić information content (AvgIpc) is 2.44. The van der Waals surface area contributed by atoms with Gasteiger partial charge < -0.3 is 14.2 Å². The Balaban J connectivity index is 2.87. The minimum atomic E-state index is -0.155. The predicted octanol–water partition coefficient (Wildman–Crippen LogP) is 3.46. The molecule has 0 heterocycles. The summed E-state index contributed by atoms with van der Waals surface area (Å²) in [4.78, 5) is 11.4. The highest BCUT2D eigenvalue weighted by atomic mass is 16.5. The van der Waals surface area contributed by atoms with Crippen molar-refractivity contribution in [1.29, 1.82) is 0 Å². The van der Waals surface area contributed by atoms with E-state index in [0.29, 0.717) is 13.0 Å². The van der Waals surface area contributed by atoms with Crippen molar-refractivity contribution in [3.8, 4) is 11.5 Å². The van der Waals surface area contributed by atoms with Crippen molar-refractivity contribution in [1.82, 2.24) is 0 Å². The number of carbonyl (C=O) groups excluding carboxylic acids is 1. The largest absolute Gasteiger partial charge is 0.493 e. The van der Waals surface area contributed by atoms with Gasteiger partial charge in [-0.05, 0) is 31.7 Å². The molecule has 1 aromatic rings. The van der Waals surface area contributed by atoms with Gasteiger partial charge in [-0.2, -0.15) is 0 Å². The molecule has 0 aromatic heterocycles. The van der Waals surface area contributed by atoms with E-state index in [1.54, 1.807) is 14.2 Å². The number of hydrogen-bond donors (Lipinski definition) is 0. The average molecular weight is 280 g/mol. The summed E-state index contributed by atoms with van der Waals surface area (Å²) in [5.41, 5.74) is 2.09. The summed E-state index contributed by atoms with van der Waals surface area (Å²) in [5, 5.41) is 0. The maximum Gasteiger partial charge on any atom is 0.305 e. The summed E-state index contributed by atoms with van der Waals surface area (Å²) in [6.07, 6.45) is 1.13. The van der Waals surface area contributed by atoms with E-state index in [1.807, 2.05) is 26.0 Å². The molecular formula is C16H24O4. The van der Waals surface area contributed by atoms with Crippen LogP contribution in [0.1, 0.15) is 43.7 Å². The standard InChI is InChI=1S/C16H24O4/c1-6-20-14(17)10-8-11(2)13-9-7-12(3)15(18-4)16(13)19-5/h7,9,11H,6,8,10H2,1-5H3/t11-/m1/s1. The first-order valence-electron chi connectivity index (χ1n) is 6.92. The molecule has 0 N–H and O–H groups in total. The van der Waals surface area contributed by atoms with Crippen molar-refractivity contribution < 1.29 is 19.0 Å². The van der Waals surface area contributed by atoms with Crippen LogP contribution >= 0.6 is 0 Å². The lowest BCUT2D eigenvalue weighted by atomic mass is 9.94. The van der Waals surface area contributed by atoms with Crippen LogP contribution in [0.2, 0.25) is 0 Å². The quantitative estimate of drug-likeness (QED) is 0.717. The Kier molecular flexibility index (Phi) is 6.36. The van der Waals surface area contributed by atoms with Gasteiger partial charge in [0.15, 0.2) is 11.5 Å². The fourth-order valence-corrected chi connectivity index (χ4v) is 2.25. The normalized spacial score (nSPS) is 11.8. The molecule has 0 saturated heterocycles. The van der Waals surface area contributed by atoms with Crippen LogP contribution in [0.15, 0.2) is 12.1 Å². The Labute approximate surface area is 121 Å². The van der Waals surface area contributed by atoms with Crippen LogP contribution in [0, 0.1) is 6.92 Å².